The molecular weight excluding hydrogens is 414 g/mol. The van der Waals surface area contributed by atoms with E-state index in [1.54, 1.807) is 45.2 Å². The first kappa shape index (κ1) is 23.1. The van der Waals surface area contributed by atoms with Crippen LogP contribution in [0.3, 0.4) is 0 Å². The summed E-state index contributed by atoms with van der Waals surface area (Å²) in [5, 5.41) is 8.37. The van der Waals surface area contributed by atoms with Crippen LogP contribution in [0.2, 0.25) is 0 Å². The highest BCUT2D eigenvalue weighted by Gasteiger charge is 2.24. The van der Waals surface area contributed by atoms with E-state index in [-0.39, 0.29) is 11.9 Å². The van der Waals surface area contributed by atoms with E-state index in [1.807, 2.05) is 0 Å². The third-order valence-electron chi connectivity index (χ3n) is 4.77. The molecule has 32 heavy (non-hydrogen) atoms. The van der Waals surface area contributed by atoms with Gasteiger partial charge in [-0.25, -0.2) is 14.6 Å². The molecule has 4 N–H and O–H groups in total. The predicted molar refractivity (Wildman–Crippen MR) is 119 cm³/mol. The minimum Gasteiger partial charge on any atom is -0.453 e. The van der Waals surface area contributed by atoms with Crippen molar-refractivity contribution in [1.29, 1.82) is 0 Å². The predicted octanol–water partition coefficient (Wildman–Crippen LogP) is 4.33. The zero-order valence-corrected chi connectivity index (χ0v) is 18.7. The van der Waals surface area contributed by atoms with Crippen molar-refractivity contribution in [3.63, 3.8) is 0 Å². The van der Waals surface area contributed by atoms with Crippen LogP contribution in [-0.2, 0) is 14.3 Å². The number of carbonyl (C=O) groups is 3. The van der Waals surface area contributed by atoms with Crippen molar-refractivity contribution in [3.05, 3.63) is 30.2 Å². The van der Waals surface area contributed by atoms with Gasteiger partial charge in [-0.2, -0.15) is 0 Å². The fourth-order valence-corrected chi connectivity index (χ4v) is 3.34. The quantitative estimate of drug-likeness (QED) is 0.546. The number of nitrogens with one attached hydrogen (secondary N) is 4. The van der Waals surface area contributed by atoms with Crippen molar-refractivity contribution < 1.29 is 23.9 Å². The van der Waals surface area contributed by atoms with E-state index in [9.17, 15) is 14.4 Å². The first-order valence-corrected chi connectivity index (χ1v) is 10.5. The number of aromatic amines is 1. The van der Waals surface area contributed by atoms with E-state index >= 15 is 0 Å². The van der Waals surface area contributed by atoms with Gasteiger partial charge in [0.25, 0.3) is 0 Å². The average molecular weight is 444 g/mol. The van der Waals surface area contributed by atoms with E-state index < -0.39 is 17.8 Å². The molecule has 0 saturated heterocycles. The van der Waals surface area contributed by atoms with Crippen LogP contribution in [0.4, 0.5) is 21.0 Å². The number of ether oxygens (including phenoxy) is 2. The monoisotopic (exact) mass is 443 g/mol. The summed E-state index contributed by atoms with van der Waals surface area (Å²) in [6, 6.07) is 4.71. The molecule has 2 aromatic rings. The molecule has 1 aromatic carbocycles. The number of H-pyrrole nitrogens is 1. The number of benzene rings is 1. The highest BCUT2D eigenvalue weighted by molar-refractivity contribution is 5.97. The zero-order chi connectivity index (χ0) is 23.3. The van der Waals surface area contributed by atoms with Gasteiger partial charge in [0.15, 0.2) is 0 Å². The van der Waals surface area contributed by atoms with Crippen LogP contribution in [0, 0.1) is 0 Å². The van der Waals surface area contributed by atoms with Gasteiger partial charge in [-0.05, 0) is 51.8 Å². The lowest BCUT2D eigenvalue weighted by atomic mass is 10.1. The second kappa shape index (κ2) is 9.71. The number of carbonyl (C=O) groups excluding carboxylic acids is 3. The van der Waals surface area contributed by atoms with Gasteiger partial charge in [0, 0.05) is 23.9 Å². The minimum atomic E-state index is -0.614. The van der Waals surface area contributed by atoms with Crippen molar-refractivity contribution in [1.82, 2.24) is 15.3 Å². The number of alkyl carbamates (subject to hydrolysis) is 1. The number of hydrogen-bond acceptors (Lipinski definition) is 6. The van der Waals surface area contributed by atoms with Crippen molar-refractivity contribution in [2.45, 2.75) is 58.1 Å². The molecule has 1 aliphatic rings. The smallest absolute Gasteiger partial charge is 0.411 e. The Morgan fingerprint density at radius 2 is 1.97 bits per heavy atom. The molecule has 1 aliphatic heterocycles. The van der Waals surface area contributed by atoms with Gasteiger partial charge >= 0.3 is 12.2 Å². The number of rotatable bonds is 2. The fraction of sp³-hybridized carbons (Fsp3) is 0.455. The van der Waals surface area contributed by atoms with E-state index in [0.717, 1.165) is 0 Å². The number of methoxy groups -OCH3 is 1. The van der Waals surface area contributed by atoms with E-state index in [0.29, 0.717) is 54.1 Å². The van der Waals surface area contributed by atoms with Crippen LogP contribution in [0.1, 0.15) is 58.3 Å². The molecule has 172 valence electrons. The van der Waals surface area contributed by atoms with Crippen molar-refractivity contribution >= 4 is 29.5 Å². The summed E-state index contributed by atoms with van der Waals surface area (Å²) in [4.78, 5) is 44.2. The van der Waals surface area contributed by atoms with Gasteiger partial charge < -0.3 is 25.1 Å². The highest BCUT2D eigenvalue weighted by Crippen LogP contribution is 2.32. The maximum absolute atomic E-state index is 12.5. The Balaban J connectivity index is 1.92. The number of imidazole rings is 1. The fourth-order valence-electron chi connectivity index (χ4n) is 3.34. The number of nitrogens with zero attached hydrogens (tertiary/aromatic N) is 1. The molecule has 1 unspecified atom stereocenters. The molecule has 3 amide bonds. The minimum absolute atomic E-state index is 0.144. The first-order valence-electron chi connectivity index (χ1n) is 10.5. The van der Waals surface area contributed by atoms with Gasteiger partial charge in [0.2, 0.25) is 5.91 Å². The lowest BCUT2D eigenvalue weighted by molar-refractivity contribution is -0.116. The summed E-state index contributed by atoms with van der Waals surface area (Å²) in [7, 11) is 1.28. The summed E-state index contributed by atoms with van der Waals surface area (Å²) in [5.41, 5.74) is 1.64. The molecule has 0 aliphatic carbocycles. The Hall–Kier alpha value is -3.56. The van der Waals surface area contributed by atoms with E-state index in [4.69, 9.17) is 4.74 Å². The third-order valence-corrected chi connectivity index (χ3v) is 4.77. The topological polar surface area (TPSA) is 134 Å². The lowest BCUT2D eigenvalue weighted by Gasteiger charge is -2.23. The molecule has 3 rings (SSSR count). The highest BCUT2D eigenvalue weighted by atomic mass is 16.6. The lowest BCUT2D eigenvalue weighted by Crippen LogP contribution is -2.35. The zero-order valence-electron chi connectivity index (χ0n) is 18.7. The van der Waals surface area contributed by atoms with Gasteiger partial charge in [0.1, 0.15) is 11.4 Å². The van der Waals surface area contributed by atoms with E-state index in [2.05, 4.69) is 30.7 Å². The van der Waals surface area contributed by atoms with Crippen LogP contribution in [0.5, 0.6) is 0 Å². The molecule has 2 bridgehead atoms. The van der Waals surface area contributed by atoms with E-state index in [1.165, 1.54) is 7.11 Å². The number of hydrogen-bond donors (Lipinski definition) is 4. The number of fused-ring (bicyclic) bond motifs is 4. The number of aromatic nitrogens is 2. The molecule has 10 heteroatoms. The summed E-state index contributed by atoms with van der Waals surface area (Å²) in [6.07, 6.45) is 2.87. The largest absolute Gasteiger partial charge is 0.453 e. The molecule has 0 radical (unpaired) electrons. The molecule has 0 fully saturated rings. The molecule has 1 atom stereocenters. The number of amides is 3. The summed E-state index contributed by atoms with van der Waals surface area (Å²) in [5.74, 6) is 0.454. The van der Waals surface area contributed by atoms with Crippen LogP contribution >= 0.6 is 0 Å². The van der Waals surface area contributed by atoms with Gasteiger partial charge in [-0.15, -0.1) is 0 Å². The second-order valence-electron chi connectivity index (χ2n) is 8.54. The molecule has 0 saturated carbocycles. The van der Waals surface area contributed by atoms with Crippen molar-refractivity contribution in [2.75, 3.05) is 17.7 Å². The third kappa shape index (κ3) is 6.22. The summed E-state index contributed by atoms with van der Waals surface area (Å²) in [6.45, 7) is 5.41. The molecule has 10 nitrogen and oxygen atoms in total. The van der Waals surface area contributed by atoms with Crippen molar-refractivity contribution in [2.24, 2.45) is 0 Å². The van der Waals surface area contributed by atoms with Gasteiger partial charge in [-0.3, -0.25) is 10.1 Å². The normalized spacial score (nSPS) is 16.5. The van der Waals surface area contributed by atoms with Crippen LogP contribution in [-0.4, -0.2) is 40.8 Å². The maximum Gasteiger partial charge on any atom is 0.411 e. The van der Waals surface area contributed by atoms with Gasteiger partial charge in [-0.1, -0.05) is 6.42 Å². The molecule has 0 spiro atoms. The SMILES string of the molecule is COC(=O)Nc1ccc2c(c1)NC(=O)CCCCC(NC(=O)OC(C)(C)C)c1nc-2c[nH]1. The maximum atomic E-state index is 12.5. The Morgan fingerprint density at radius 1 is 1.19 bits per heavy atom. The Bertz CT molecular complexity index is 995. The van der Waals surface area contributed by atoms with Gasteiger partial charge in [0.05, 0.1) is 24.5 Å². The second-order valence-corrected chi connectivity index (χ2v) is 8.54. The number of anilines is 2. The Morgan fingerprint density at radius 3 is 2.69 bits per heavy atom. The molecular formula is C22H29N5O5. The molecule has 2 heterocycles. The summed E-state index contributed by atoms with van der Waals surface area (Å²) >= 11 is 0. The van der Waals surface area contributed by atoms with Crippen LogP contribution < -0.4 is 16.0 Å². The van der Waals surface area contributed by atoms with Crippen LogP contribution in [0.25, 0.3) is 11.3 Å². The Labute approximate surface area is 186 Å². The Kier molecular flexibility index (Phi) is 7.01. The average Bonchev–Trinajstić information content (AvgIpc) is 3.18. The van der Waals surface area contributed by atoms with Crippen molar-refractivity contribution in [3.8, 4) is 11.3 Å². The standard InChI is InChI=1S/C22H29N5O5/c1-22(2,3)32-21(30)27-15-7-5-6-8-18(28)25-16-11-13(24-20(29)31-4)9-10-14(16)17-12-23-19(15)26-17/h9-12,15H,5-8H2,1-4H3,(H,23,26)(H,24,29)(H,25,28)(H,27,30). The molecule has 1 aromatic heterocycles. The van der Waals surface area contributed by atoms with Crippen LogP contribution in [0.15, 0.2) is 24.4 Å². The first-order chi connectivity index (χ1) is 15.1. The summed E-state index contributed by atoms with van der Waals surface area (Å²) < 4.78 is 10.0.